The van der Waals surface area contributed by atoms with Crippen molar-refractivity contribution in [3.8, 4) is 0 Å². The smallest absolute Gasteiger partial charge is 0.228 e. The van der Waals surface area contributed by atoms with E-state index in [1.54, 1.807) is 12.3 Å². The van der Waals surface area contributed by atoms with E-state index in [0.717, 1.165) is 28.9 Å². The first-order valence-corrected chi connectivity index (χ1v) is 11.3. The highest BCUT2D eigenvalue weighted by Gasteiger charge is 2.26. The molecule has 5 nitrogen and oxygen atoms in total. The number of nitrogens with zero attached hydrogens (tertiary/aromatic N) is 2. The van der Waals surface area contributed by atoms with E-state index in [2.05, 4.69) is 9.71 Å². The Morgan fingerprint density at radius 2 is 1.93 bits per heavy atom. The van der Waals surface area contributed by atoms with Gasteiger partial charge in [0.1, 0.15) is 0 Å². The quantitative estimate of drug-likeness (QED) is 0.358. The standard InChI is InChI=1S/C19H24ClN3O2S2/c1-15(2)23(27(24,25)14-17-7-5-4-6-8-17)26-22-12-11-21-19-13-18(20)10-9-16(19)3/h4-11,13,15,22H,12,14H2,1-3H3. The number of hydrogen-bond donors (Lipinski definition) is 1. The lowest BCUT2D eigenvalue weighted by molar-refractivity contribution is 0.499. The highest BCUT2D eigenvalue weighted by Crippen LogP contribution is 2.23. The van der Waals surface area contributed by atoms with Gasteiger partial charge in [0.25, 0.3) is 0 Å². The fourth-order valence-electron chi connectivity index (χ4n) is 2.34. The normalized spacial score (nSPS) is 12.4. The van der Waals surface area contributed by atoms with Crippen LogP contribution in [0.2, 0.25) is 5.02 Å². The van der Waals surface area contributed by atoms with Gasteiger partial charge in [0, 0.05) is 36.0 Å². The fraction of sp³-hybridized carbons (Fsp3) is 0.316. The van der Waals surface area contributed by atoms with Crippen LogP contribution in [0.15, 0.2) is 53.5 Å². The zero-order valence-electron chi connectivity index (χ0n) is 15.6. The third kappa shape index (κ3) is 6.93. The van der Waals surface area contributed by atoms with Gasteiger partial charge in [-0.05, 0) is 44.0 Å². The van der Waals surface area contributed by atoms with Gasteiger partial charge in [0.05, 0.1) is 11.4 Å². The molecule has 27 heavy (non-hydrogen) atoms. The second kappa shape index (κ2) is 10.2. The van der Waals surface area contributed by atoms with Crippen LogP contribution in [0.25, 0.3) is 0 Å². The van der Waals surface area contributed by atoms with Crippen LogP contribution in [0.3, 0.4) is 0 Å². The number of rotatable bonds is 9. The Kier molecular flexibility index (Phi) is 8.31. The summed E-state index contributed by atoms with van der Waals surface area (Å²) in [5.74, 6) is -0.0313. The molecule has 0 aliphatic heterocycles. The molecule has 1 N–H and O–H groups in total. The predicted molar refractivity (Wildman–Crippen MR) is 116 cm³/mol. The molecule has 8 heteroatoms. The summed E-state index contributed by atoms with van der Waals surface area (Å²) in [6, 6.07) is 14.5. The molecular weight excluding hydrogens is 402 g/mol. The van der Waals surface area contributed by atoms with Gasteiger partial charge in [0.2, 0.25) is 10.0 Å². The molecule has 146 valence electrons. The van der Waals surface area contributed by atoms with Crippen molar-refractivity contribution < 1.29 is 8.42 Å². The second-order valence-electron chi connectivity index (χ2n) is 6.27. The average Bonchev–Trinajstić information content (AvgIpc) is 2.60. The lowest BCUT2D eigenvalue weighted by Crippen LogP contribution is -2.35. The molecule has 0 spiro atoms. The molecule has 0 unspecified atom stereocenters. The SMILES string of the molecule is Cc1ccc(Cl)cc1N=CCNSN(C(C)C)S(=O)(=O)Cc1ccccc1. The van der Waals surface area contributed by atoms with Crippen LogP contribution in [0.5, 0.6) is 0 Å². The molecule has 2 aromatic carbocycles. The summed E-state index contributed by atoms with van der Waals surface area (Å²) < 4.78 is 29.9. The third-order valence-electron chi connectivity index (χ3n) is 3.62. The van der Waals surface area contributed by atoms with Crippen molar-refractivity contribution in [2.45, 2.75) is 32.6 Å². The molecule has 0 bridgehead atoms. The van der Waals surface area contributed by atoms with Gasteiger partial charge < -0.3 is 0 Å². The summed E-state index contributed by atoms with van der Waals surface area (Å²) in [4.78, 5) is 4.38. The third-order valence-corrected chi connectivity index (χ3v) is 7.32. The van der Waals surface area contributed by atoms with Gasteiger partial charge in [-0.1, -0.05) is 48.0 Å². The Balaban J connectivity index is 1.94. The molecule has 0 heterocycles. The minimum absolute atomic E-state index is 0.0313. The molecule has 2 rings (SSSR count). The zero-order valence-corrected chi connectivity index (χ0v) is 18.0. The summed E-state index contributed by atoms with van der Waals surface area (Å²) in [5, 5.41) is 0.632. The van der Waals surface area contributed by atoms with Crippen LogP contribution in [-0.2, 0) is 15.8 Å². The fourth-order valence-corrected chi connectivity index (χ4v) is 5.14. The van der Waals surface area contributed by atoms with Gasteiger partial charge >= 0.3 is 0 Å². The summed E-state index contributed by atoms with van der Waals surface area (Å²) >= 11 is 7.06. The summed E-state index contributed by atoms with van der Waals surface area (Å²) in [5.41, 5.74) is 2.59. The van der Waals surface area contributed by atoms with Crippen LogP contribution in [0.1, 0.15) is 25.0 Å². The molecule has 0 aliphatic rings. The molecule has 0 amide bonds. The van der Waals surface area contributed by atoms with Gasteiger partial charge in [-0.3, -0.25) is 4.99 Å². The first-order chi connectivity index (χ1) is 12.8. The zero-order chi connectivity index (χ0) is 19.9. The van der Waals surface area contributed by atoms with Gasteiger partial charge in [0.15, 0.2) is 0 Å². The van der Waals surface area contributed by atoms with Crippen LogP contribution < -0.4 is 4.72 Å². The van der Waals surface area contributed by atoms with Crippen molar-refractivity contribution in [3.05, 3.63) is 64.7 Å². The molecule has 0 saturated heterocycles. The molecule has 0 aromatic heterocycles. The van der Waals surface area contributed by atoms with E-state index >= 15 is 0 Å². The Hall–Kier alpha value is -1.38. The van der Waals surface area contributed by atoms with E-state index in [4.69, 9.17) is 11.6 Å². The van der Waals surface area contributed by atoms with Crippen molar-refractivity contribution in [1.29, 1.82) is 0 Å². The Morgan fingerprint density at radius 3 is 2.59 bits per heavy atom. The van der Waals surface area contributed by atoms with E-state index in [-0.39, 0.29) is 11.8 Å². The number of benzene rings is 2. The van der Waals surface area contributed by atoms with Crippen molar-refractivity contribution >= 4 is 45.7 Å². The van der Waals surface area contributed by atoms with Crippen molar-refractivity contribution in [2.24, 2.45) is 4.99 Å². The Bertz CT molecular complexity index is 872. The number of sulfonamides is 1. The van der Waals surface area contributed by atoms with Crippen LogP contribution >= 0.6 is 23.7 Å². The largest absolute Gasteiger partial charge is 0.260 e. The summed E-state index contributed by atoms with van der Waals surface area (Å²) in [7, 11) is -3.45. The molecular formula is C19H24ClN3O2S2. The van der Waals surface area contributed by atoms with Crippen LogP contribution in [0.4, 0.5) is 5.69 Å². The minimum atomic E-state index is -3.45. The molecule has 0 aliphatic carbocycles. The monoisotopic (exact) mass is 425 g/mol. The summed E-state index contributed by atoms with van der Waals surface area (Å²) in [6.45, 7) is 6.07. The van der Waals surface area contributed by atoms with E-state index in [1.807, 2.05) is 63.2 Å². The van der Waals surface area contributed by atoms with Gasteiger partial charge in [-0.25, -0.2) is 13.1 Å². The molecule has 0 atom stereocenters. The topological polar surface area (TPSA) is 61.8 Å². The lowest BCUT2D eigenvalue weighted by Gasteiger charge is -2.24. The number of aliphatic imine (C=N–C) groups is 1. The first kappa shape index (κ1) is 21.9. The highest BCUT2D eigenvalue weighted by atomic mass is 35.5. The number of aryl methyl sites for hydroxylation is 1. The maximum atomic E-state index is 12.7. The average molecular weight is 426 g/mol. The van der Waals surface area contributed by atoms with Gasteiger partial charge in [-0.15, -0.1) is 3.71 Å². The van der Waals surface area contributed by atoms with Crippen molar-refractivity contribution in [3.63, 3.8) is 0 Å². The van der Waals surface area contributed by atoms with E-state index in [0.29, 0.717) is 11.6 Å². The number of halogens is 1. The highest BCUT2D eigenvalue weighted by molar-refractivity contribution is 8.07. The van der Waals surface area contributed by atoms with Crippen molar-refractivity contribution in [1.82, 2.24) is 8.43 Å². The van der Waals surface area contributed by atoms with E-state index in [9.17, 15) is 8.42 Å². The van der Waals surface area contributed by atoms with Crippen molar-refractivity contribution in [2.75, 3.05) is 6.54 Å². The molecule has 0 radical (unpaired) electrons. The second-order valence-corrected chi connectivity index (χ2v) is 9.65. The first-order valence-electron chi connectivity index (χ1n) is 8.54. The van der Waals surface area contributed by atoms with Crippen LogP contribution in [0, 0.1) is 6.92 Å². The molecule has 0 saturated carbocycles. The summed E-state index contributed by atoms with van der Waals surface area (Å²) in [6.07, 6.45) is 1.70. The maximum Gasteiger partial charge on any atom is 0.228 e. The molecule has 2 aromatic rings. The number of nitrogens with one attached hydrogen (secondary N) is 1. The Morgan fingerprint density at radius 1 is 1.22 bits per heavy atom. The Labute approximate surface area is 171 Å². The number of hydrogen-bond acceptors (Lipinski definition) is 5. The van der Waals surface area contributed by atoms with E-state index < -0.39 is 10.0 Å². The van der Waals surface area contributed by atoms with E-state index in [1.165, 1.54) is 3.71 Å². The maximum absolute atomic E-state index is 12.7. The van der Waals surface area contributed by atoms with Crippen LogP contribution in [-0.4, -0.2) is 30.9 Å². The minimum Gasteiger partial charge on any atom is -0.260 e. The predicted octanol–water partition coefficient (Wildman–Crippen LogP) is 4.74. The van der Waals surface area contributed by atoms with Gasteiger partial charge in [-0.2, -0.15) is 0 Å². The lowest BCUT2D eigenvalue weighted by atomic mass is 10.2. The molecule has 0 fully saturated rings.